The van der Waals surface area contributed by atoms with Gasteiger partial charge in [-0.25, -0.2) is 9.78 Å². The van der Waals surface area contributed by atoms with Crippen molar-refractivity contribution in [2.24, 2.45) is 0 Å². The van der Waals surface area contributed by atoms with Gasteiger partial charge in [-0.05, 0) is 54.4 Å². The van der Waals surface area contributed by atoms with E-state index >= 15 is 0 Å². The SMILES string of the molecule is Cc1ccc2nc(/C(C#N)=C\c3ccc(-c4cccc(C(=O)OCc5ccccc5)c4)o3)[nH]c2c1. The molecule has 3 aromatic carbocycles. The molecule has 0 radical (unpaired) electrons. The first-order chi connectivity index (χ1) is 17.1. The molecule has 35 heavy (non-hydrogen) atoms. The lowest BCUT2D eigenvalue weighted by atomic mass is 10.1. The lowest BCUT2D eigenvalue weighted by molar-refractivity contribution is 0.0473. The molecule has 5 aromatic rings. The normalized spacial score (nSPS) is 11.4. The summed E-state index contributed by atoms with van der Waals surface area (Å²) in [7, 11) is 0. The van der Waals surface area contributed by atoms with E-state index in [2.05, 4.69) is 16.0 Å². The van der Waals surface area contributed by atoms with Crippen LogP contribution in [0.1, 0.15) is 33.1 Å². The van der Waals surface area contributed by atoms with Gasteiger partial charge in [-0.2, -0.15) is 5.26 Å². The molecule has 5 rings (SSSR count). The van der Waals surface area contributed by atoms with Crippen molar-refractivity contribution in [2.75, 3.05) is 0 Å². The van der Waals surface area contributed by atoms with E-state index in [9.17, 15) is 10.1 Å². The number of carbonyl (C=O) groups is 1. The second kappa shape index (κ2) is 9.54. The van der Waals surface area contributed by atoms with Crippen molar-refractivity contribution >= 4 is 28.7 Å². The maximum Gasteiger partial charge on any atom is 0.338 e. The number of nitrogens with zero attached hydrogens (tertiary/aromatic N) is 2. The first-order valence-corrected chi connectivity index (χ1v) is 11.1. The third-order valence-electron chi connectivity index (χ3n) is 5.52. The van der Waals surface area contributed by atoms with Crippen LogP contribution in [0, 0.1) is 18.3 Å². The van der Waals surface area contributed by atoms with E-state index in [4.69, 9.17) is 9.15 Å². The Labute approximate surface area is 202 Å². The lowest BCUT2D eigenvalue weighted by Gasteiger charge is -2.06. The topological polar surface area (TPSA) is 91.9 Å². The number of hydrogen-bond donors (Lipinski definition) is 1. The zero-order valence-corrected chi connectivity index (χ0v) is 19.0. The minimum Gasteiger partial charge on any atom is -0.457 e. The number of hydrogen-bond acceptors (Lipinski definition) is 5. The molecule has 0 fully saturated rings. The molecule has 6 nitrogen and oxygen atoms in total. The number of nitrogens with one attached hydrogen (secondary N) is 1. The van der Waals surface area contributed by atoms with Gasteiger partial charge >= 0.3 is 5.97 Å². The van der Waals surface area contributed by atoms with Crippen molar-refractivity contribution in [3.05, 3.63) is 113 Å². The van der Waals surface area contributed by atoms with E-state index in [0.29, 0.717) is 28.5 Å². The number of ether oxygens (including phenoxy) is 1. The van der Waals surface area contributed by atoms with Gasteiger partial charge in [-0.3, -0.25) is 0 Å². The zero-order valence-electron chi connectivity index (χ0n) is 19.0. The Kier molecular flexibility index (Phi) is 5.98. The number of aromatic nitrogens is 2. The van der Waals surface area contributed by atoms with E-state index in [1.807, 2.05) is 61.5 Å². The molecular formula is C29H21N3O3. The molecule has 0 amide bonds. The van der Waals surface area contributed by atoms with Gasteiger partial charge in [0.05, 0.1) is 22.2 Å². The van der Waals surface area contributed by atoms with Crippen LogP contribution in [-0.2, 0) is 11.3 Å². The Morgan fingerprint density at radius 2 is 1.91 bits per heavy atom. The van der Waals surface area contributed by atoms with Gasteiger partial charge in [0.2, 0.25) is 0 Å². The number of nitriles is 1. The highest BCUT2D eigenvalue weighted by Gasteiger charge is 2.13. The number of H-pyrrole nitrogens is 1. The van der Waals surface area contributed by atoms with E-state index in [0.717, 1.165) is 27.7 Å². The van der Waals surface area contributed by atoms with E-state index in [1.165, 1.54) is 0 Å². The van der Waals surface area contributed by atoms with Gasteiger partial charge in [0, 0.05) is 11.6 Å². The molecule has 0 aliphatic heterocycles. The van der Waals surface area contributed by atoms with Gasteiger partial charge in [-0.15, -0.1) is 0 Å². The molecular weight excluding hydrogens is 438 g/mol. The Bertz CT molecular complexity index is 1590. The number of rotatable bonds is 6. The second-order valence-electron chi connectivity index (χ2n) is 8.12. The predicted octanol–water partition coefficient (Wildman–Crippen LogP) is 6.55. The minimum absolute atomic E-state index is 0.206. The monoisotopic (exact) mass is 459 g/mol. The minimum atomic E-state index is -0.408. The van der Waals surface area contributed by atoms with Gasteiger partial charge < -0.3 is 14.1 Å². The van der Waals surface area contributed by atoms with Gasteiger partial charge in [0.25, 0.3) is 0 Å². The number of benzene rings is 3. The molecule has 0 aliphatic carbocycles. The molecule has 170 valence electrons. The van der Waals surface area contributed by atoms with Crippen molar-refractivity contribution in [1.82, 2.24) is 9.97 Å². The fourth-order valence-corrected chi connectivity index (χ4v) is 3.74. The summed E-state index contributed by atoms with van der Waals surface area (Å²) < 4.78 is 11.4. The first kappa shape index (κ1) is 21.9. The number of allylic oxidation sites excluding steroid dienone is 1. The van der Waals surface area contributed by atoms with Crippen molar-refractivity contribution in [2.45, 2.75) is 13.5 Å². The largest absolute Gasteiger partial charge is 0.457 e. The smallest absolute Gasteiger partial charge is 0.338 e. The van der Waals surface area contributed by atoms with Crippen LogP contribution in [0.25, 0.3) is 34.0 Å². The van der Waals surface area contributed by atoms with Crippen LogP contribution in [0.15, 0.2) is 89.3 Å². The van der Waals surface area contributed by atoms with Gasteiger partial charge in [0.1, 0.15) is 30.0 Å². The molecule has 0 spiro atoms. The van der Waals surface area contributed by atoms with Crippen molar-refractivity contribution in [1.29, 1.82) is 5.26 Å². The molecule has 2 aromatic heterocycles. The molecule has 0 aliphatic rings. The summed E-state index contributed by atoms with van der Waals surface area (Å²) in [6.07, 6.45) is 1.64. The highest BCUT2D eigenvalue weighted by Crippen LogP contribution is 2.26. The van der Waals surface area contributed by atoms with Crippen LogP contribution in [0.5, 0.6) is 0 Å². The van der Waals surface area contributed by atoms with Crippen LogP contribution < -0.4 is 0 Å². The average molecular weight is 460 g/mol. The molecule has 1 N–H and O–H groups in total. The van der Waals surface area contributed by atoms with Crippen molar-refractivity contribution in [3.63, 3.8) is 0 Å². The number of aromatic amines is 1. The summed E-state index contributed by atoms with van der Waals surface area (Å²) in [6.45, 7) is 2.21. The van der Waals surface area contributed by atoms with Gasteiger partial charge in [-0.1, -0.05) is 48.5 Å². The van der Waals surface area contributed by atoms with E-state index in [-0.39, 0.29) is 6.61 Å². The van der Waals surface area contributed by atoms with Crippen molar-refractivity contribution < 1.29 is 13.9 Å². The standard InChI is InChI=1S/C29H21N3O3/c1-19-10-12-25-26(14-19)32-28(31-25)23(17-30)16-24-11-13-27(35-24)21-8-5-9-22(15-21)29(33)34-18-20-6-3-2-4-7-20/h2-16H,18H2,1H3,(H,31,32)/b23-16-. The highest BCUT2D eigenvalue weighted by atomic mass is 16.5. The average Bonchev–Trinajstić information content (AvgIpc) is 3.53. The third-order valence-corrected chi connectivity index (χ3v) is 5.52. The number of carbonyl (C=O) groups excluding carboxylic acids is 1. The Morgan fingerprint density at radius 3 is 2.74 bits per heavy atom. The number of fused-ring (bicyclic) bond motifs is 1. The molecule has 6 heteroatoms. The van der Waals surface area contributed by atoms with E-state index in [1.54, 1.807) is 36.4 Å². The molecule has 0 unspecified atom stereocenters. The lowest BCUT2D eigenvalue weighted by Crippen LogP contribution is -2.05. The summed E-state index contributed by atoms with van der Waals surface area (Å²) in [5.74, 6) is 1.15. The number of esters is 1. The predicted molar refractivity (Wildman–Crippen MR) is 134 cm³/mol. The Hall–Kier alpha value is -4.89. The Balaban J connectivity index is 1.35. The summed E-state index contributed by atoms with van der Waals surface area (Å²) in [6, 6.07) is 28.3. The maximum absolute atomic E-state index is 12.5. The fraction of sp³-hybridized carbons (Fsp3) is 0.0690. The Morgan fingerprint density at radius 1 is 1.06 bits per heavy atom. The summed E-state index contributed by atoms with van der Waals surface area (Å²) in [4.78, 5) is 20.2. The molecule has 2 heterocycles. The number of furan rings is 1. The van der Waals surface area contributed by atoms with Crippen LogP contribution in [0.4, 0.5) is 0 Å². The first-order valence-electron chi connectivity index (χ1n) is 11.1. The maximum atomic E-state index is 12.5. The van der Waals surface area contributed by atoms with Crippen LogP contribution in [0.2, 0.25) is 0 Å². The summed E-state index contributed by atoms with van der Waals surface area (Å²) in [5, 5.41) is 9.70. The van der Waals surface area contributed by atoms with E-state index < -0.39 is 5.97 Å². The quantitative estimate of drug-likeness (QED) is 0.230. The third kappa shape index (κ3) is 4.90. The summed E-state index contributed by atoms with van der Waals surface area (Å²) in [5.41, 5.74) is 5.22. The fourth-order valence-electron chi connectivity index (χ4n) is 3.74. The summed E-state index contributed by atoms with van der Waals surface area (Å²) >= 11 is 0. The molecule has 0 atom stereocenters. The number of aryl methyl sites for hydroxylation is 1. The van der Waals surface area contributed by atoms with Crippen LogP contribution in [-0.4, -0.2) is 15.9 Å². The van der Waals surface area contributed by atoms with Gasteiger partial charge in [0.15, 0.2) is 0 Å². The zero-order chi connectivity index (χ0) is 24.2. The molecule has 0 saturated heterocycles. The van der Waals surface area contributed by atoms with Crippen LogP contribution >= 0.6 is 0 Å². The van der Waals surface area contributed by atoms with Crippen molar-refractivity contribution in [3.8, 4) is 17.4 Å². The van der Waals surface area contributed by atoms with Crippen LogP contribution in [0.3, 0.4) is 0 Å². The molecule has 0 bridgehead atoms. The number of imidazole rings is 1. The highest BCUT2D eigenvalue weighted by molar-refractivity contribution is 5.91. The molecule has 0 saturated carbocycles. The second-order valence-corrected chi connectivity index (χ2v) is 8.12.